The van der Waals surface area contributed by atoms with Crippen LogP contribution < -0.4 is 5.73 Å². The molecule has 0 aromatic heterocycles. The van der Waals surface area contributed by atoms with Crippen LogP contribution in [0.3, 0.4) is 0 Å². The molecule has 0 radical (unpaired) electrons. The van der Waals surface area contributed by atoms with Crippen molar-refractivity contribution in [3.8, 4) is 0 Å². The minimum absolute atomic E-state index is 0.261. The van der Waals surface area contributed by atoms with Crippen LogP contribution in [0.2, 0.25) is 0 Å². The average molecular weight is 271 g/mol. The van der Waals surface area contributed by atoms with Crippen molar-refractivity contribution >= 4 is 5.91 Å². The predicted octanol–water partition coefficient (Wildman–Crippen LogP) is 0.685. The molecule has 5 nitrogen and oxygen atoms in total. The first-order valence-corrected chi connectivity index (χ1v) is 7.43. The Morgan fingerprint density at radius 2 is 2.00 bits per heavy atom. The SMILES string of the molecule is CCCC(CN)N1CCN(C(=O)CCCOC)CC1. The molecular formula is C14H29N3O2. The van der Waals surface area contributed by atoms with Crippen LogP contribution in [0.5, 0.6) is 0 Å². The molecule has 0 aromatic carbocycles. The molecule has 1 aliphatic heterocycles. The number of piperazine rings is 1. The van der Waals surface area contributed by atoms with Crippen LogP contribution in [-0.2, 0) is 9.53 Å². The molecule has 1 amide bonds. The van der Waals surface area contributed by atoms with Crippen molar-refractivity contribution in [2.45, 2.75) is 38.6 Å². The zero-order chi connectivity index (χ0) is 14.1. The van der Waals surface area contributed by atoms with E-state index >= 15 is 0 Å². The lowest BCUT2D eigenvalue weighted by Gasteiger charge is -2.39. The van der Waals surface area contributed by atoms with Gasteiger partial charge in [0.15, 0.2) is 0 Å². The van der Waals surface area contributed by atoms with Crippen LogP contribution in [0.1, 0.15) is 32.6 Å². The topological polar surface area (TPSA) is 58.8 Å². The second-order valence-corrected chi connectivity index (χ2v) is 5.19. The van der Waals surface area contributed by atoms with E-state index in [0.29, 0.717) is 19.1 Å². The average Bonchev–Trinajstić information content (AvgIpc) is 2.45. The van der Waals surface area contributed by atoms with Crippen molar-refractivity contribution in [3.05, 3.63) is 0 Å². The van der Waals surface area contributed by atoms with Crippen molar-refractivity contribution in [2.24, 2.45) is 5.73 Å². The lowest BCUT2D eigenvalue weighted by molar-refractivity contribution is -0.133. The Labute approximate surface area is 117 Å². The number of carbonyl (C=O) groups is 1. The summed E-state index contributed by atoms with van der Waals surface area (Å²) in [5, 5.41) is 0. The minimum atomic E-state index is 0.261. The third-order valence-corrected chi connectivity index (χ3v) is 3.82. The predicted molar refractivity (Wildman–Crippen MR) is 77.0 cm³/mol. The summed E-state index contributed by atoms with van der Waals surface area (Å²) in [5.41, 5.74) is 5.83. The molecule has 0 spiro atoms. The summed E-state index contributed by atoms with van der Waals surface area (Å²) in [7, 11) is 1.67. The number of rotatable bonds is 8. The van der Waals surface area contributed by atoms with Crippen molar-refractivity contribution in [1.29, 1.82) is 0 Å². The Kier molecular flexibility index (Phi) is 8.02. The highest BCUT2D eigenvalue weighted by atomic mass is 16.5. The van der Waals surface area contributed by atoms with Crippen LogP contribution >= 0.6 is 0 Å². The van der Waals surface area contributed by atoms with Crippen molar-refractivity contribution in [2.75, 3.05) is 46.4 Å². The van der Waals surface area contributed by atoms with Crippen molar-refractivity contribution < 1.29 is 9.53 Å². The van der Waals surface area contributed by atoms with Crippen LogP contribution in [0.4, 0.5) is 0 Å². The second-order valence-electron chi connectivity index (χ2n) is 5.19. The van der Waals surface area contributed by atoms with E-state index in [1.165, 1.54) is 0 Å². The van der Waals surface area contributed by atoms with E-state index < -0.39 is 0 Å². The zero-order valence-corrected chi connectivity index (χ0v) is 12.4. The fraction of sp³-hybridized carbons (Fsp3) is 0.929. The van der Waals surface area contributed by atoms with Gasteiger partial charge in [-0.1, -0.05) is 13.3 Å². The number of hydrogen-bond donors (Lipinski definition) is 1. The molecule has 0 saturated carbocycles. The number of ether oxygens (including phenoxy) is 1. The molecule has 0 aliphatic carbocycles. The quantitative estimate of drug-likeness (QED) is 0.660. The molecule has 1 saturated heterocycles. The molecule has 0 bridgehead atoms. The molecule has 1 heterocycles. The van der Waals surface area contributed by atoms with E-state index in [1.807, 2.05) is 4.90 Å². The highest BCUT2D eigenvalue weighted by Crippen LogP contribution is 2.11. The first-order valence-electron chi connectivity index (χ1n) is 7.43. The number of nitrogens with zero attached hydrogens (tertiary/aromatic N) is 2. The Morgan fingerprint density at radius 1 is 1.32 bits per heavy atom. The van der Waals surface area contributed by atoms with Crippen LogP contribution in [0.25, 0.3) is 0 Å². The van der Waals surface area contributed by atoms with E-state index in [2.05, 4.69) is 11.8 Å². The maximum atomic E-state index is 12.0. The maximum Gasteiger partial charge on any atom is 0.222 e. The van der Waals surface area contributed by atoms with Gasteiger partial charge in [0.05, 0.1) is 0 Å². The van der Waals surface area contributed by atoms with Gasteiger partial charge in [-0.3, -0.25) is 9.69 Å². The lowest BCUT2D eigenvalue weighted by atomic mass is 10.1. The minimum Gasteiger partial charge on any atom is -0.385 e. The summed E-state index contributed by atoms with van der Waals surface area (Å²) in [6.45, 7) is 7.17. The molecule has 1 rings (SSSR count). The van der Waals surface area contributed by atoms with E-state index in [9.17, 15) is 4.79 Å². The molecule has 5 heteroatoms. The number of hydrogen-bond acceptors (Lipinski definition) is 4. The Hall–Kier alpha value is -0.650. The molecule has 2 N–H and O–H groups in total. The van der Waals surface area contributed by atoms with Crippen LogP contribution in [0, 0.1) is 0 Å². The third-order valence-electron chi connectivity index (χ3n) is 3.82. The van der Waals surface area contributed by atoms with Crippen molar-refractivity contribution in [3.63, 3.8) is 0 Å². The smallest absolute Gasteiger partial charge is 0.222 e. The first-order chi connectivity index (χ1) is 9.22. The summed E-state index contributed by atoms with van der Waals surface area (Å²) in [6, 6.07) is 0.482. The van der Waals surface area contributed by atoms with Crippen LogP contribution in [0.15, 0.2) is 0 Å². The van der Waals surface area contributed by atoms with Gasteiger partial charge in [0, 0.05) is 58.9 Å². The van der Waals surface area contributed by atoms with Gasteiger partial charge in [-0.25, -0.2) is 0 Å². The van der Waals surface area contributed by atoms with Gasteiger partial charge >= 0.3 is 0 Å². The van der Waals surface area contributed by atoms with E-state index in [1.54, 1.807) is 7.11 Å². The monoisotopic (exact) mass is 271 g/mol. The van der Waals surface area contributed by atoms with Crippen molar-refractivity contribution in [1.82, 2.24) is 9.80 Å². The third kappa shape index (κ3) is 5.47. The number of methoxy groups -OCH3 is 1. The summed E-state index contributed by atoms with van der Waals surface area (Å²) >= 11 is 0. The fourth-order valence-corrected chi connectivity index (χ4v) is 2.65. The number of carbonyl (C=O) groups excluding carboxylic acids is 1. The molecule has 112 valence electrons. The van der Waals surface area contributed by atoms with Gasteiger partial charge in [-0.15, -0.1) is 0 Å². The molecule has 19 heavy (non-hydrogen) atoms. The number of nitrogens with two attached hydrogens (primary N) is 1. The summed E-state index contributed by atoms with van der Waals surface area (Å²) in [4.78, 5) is 16.4. The summed E-state index contributed by atoms with van der Waals surface area (Å²) in [5.74, 6) is 0.261. The van der Waals surface area contributed by atoms with E-state index in [-0.39, 0.29) is 5.91 Å². The highest BCUT2D eigenvalue weighted by molar-refractivity contribution is 5.76. The molecule has 0 aromatic rings. The van der Waals surface area contributed by atoms with Gasteiger partial charge in [-0.2, -0.15) is 0 Å². The molecule has 1 aliphatic rings. The van der Waals surface area contributed by atoms with Gasteiger partial charge in [0.25, 0.3) is 0 Å². The summed E-state index contributed by atoms with van der Waals surface area (Å²) in [6.07, 6.45) is 3.73. The largest absolute Gasteiger partial charge is 0.385 e. The highest BCUT2D eigenvalue weighted by Gasteiger charge is 2.24. The Bertz CT molecular complexity index is 253. The van der Waals surface area contributed by atoms with Gasteiger partial charge in [-0.05, 0) is 12.8 Å². The second kappa shape index (κ2) is 9.28. The fourth-order valence-electron chi connectivity index (χ4n) is 2.65. The molecule has 1 fully saturated rings. The summed E-state index contributed by atoms with van der Waals surface area (Å²) < 4.78 is 4.98. The lowest BCUT2D eigenvalue weighted by Crippen LogP contribution is -2.53. The first kappa shape index (κ1) is 16.4. The molecule has 1 unspecified atom stereocenters. The van der Waals surface area contributed by atoms with Crippen LogP contribution in [-0.4, -0.2) is 68.2 Å². The molecule has 1 atom stereocenters. The van der Waals surface area contributed by atoms with E-state index in [4.69, 9.17) is 10.5 Å². The van der Waals surface area contributed by atoms with E-state index in [0.717, 1.165) is 52.0 Å². The Balaban J connectivity index is 2.29. The van der Waals surface area contributed by atoms with Gasteiger partial charge in [0.1, 0.15) is 0 Å². The van der Waals surface area contributed by atoms with Gasteiger partial charge in [0.2, 0.25) is 5.91 Å². The van der Waals surface area contributed by atoms with Gasteiger partial charge < -0.3 is 15.4 Å². The molecular weight excluding hydrogens is 242 g/mol. The zero-order valence-electron chi connectivity index (χ0n) is 12.4. The normalized spacial score (nSPS) is 18.6. The number of amides is 1. The maximum absolute atomic E-state index is 12.0. The Morgan fingerprint density at radius 3 is 2.53 bits per heavy atom. The standard InChI is InChI=1S/C14H29N3O2/c1-3-5-13(12-15)16-7-9-17(10-8-16)14(18)6-4-11-19-2/h13H,3-12,15H2,1-2H3.